The molecule has 0 N–H and O–H groups in total. The highest BCUT2D eigenvalue weighted by Gasteiger charge is 2.47. The summed E-state index contributed by atoms with van der Waals surface area (Å²) in [6, 6.07) is 2.08. The first-order valence-electron chi connectivity index (χ1n) is 6.60. The molecule has 0 aliphatic carbocycles. The number of carbonyl (C=O) groups excluding carboxylic acids is 2. The van der Waals surface area contributed by atoms with Gasteiger partial charge in [0.1, 0.15) is 0 Å². The molecule has 1 aromatic rings. The van der Waals surface area contributed by atoms with E-state index in [9.17, 15) is 9.59 Å². The number of benzene rings is 1. The summed E-state index contributed by atoms with van der Waals surface area (Å²) in [6.07, 6.45) is 2.07. The second kappa shape index (κ2) is 4.04. The molecule has 3 rings (SSSR count). The molecule has 3 nitrogen and oxygen atoms in total. The summed E-state index contributed by atoms with van der Waals surface area (Å²) in [7, 11) is 0. The number of ketones is 1. The molecular weight excluding hydrogens is 318 g/mol. The third-order valence-corrected chi connectivity index (χ3v) is 4.87. The van der Waals surface area contributed by atoms with E-state index in [0.717, 1.165) is 28.0 Å². The lowest BCUT2D eigenvalue weighted by Crippen LogP contribution is -2.47. The van der Waals surface area contributed by atoms with Crippen LogP contribution < -0.4 is 4.90 Å². The molecule has 0 atom stereocenters. The van der Waals surface area contributed by atoms with E-state index < -0.39 is 11.4 Å². The maximum atomic E-state index is 12.4. The molecule has 0 unspecified atom stereocenters. The number of amides is 1. The molecule has 2 heterocycles. The van der Waals surface area contributed by atoms with Gasteiger partial charge in [-0.3, -0.25) is 14.5 Å². The fourth-order valence-electron chi connectivity index (χ4n) is 3.20. The van der Waals surface area contributed by atoms with E-state index in [2.05, 4.69) is 28.1 Å². The lowest BCUT2D eigenvalue weighted by Gasteiger charge is -2.39. The van der Waals surface area contributed by atoms with Gasteiger partial charge >= 0.3 is 0 Å². The number of nitrogens with zero attached hydrogens (tertiary/aromatic N) is 1. The number of alkyl halides is 1. The summed E-state index contributed by atoms with van der Waals surface area (Å²) >= 11 is 3.51. The van der Waals surface area contributed by atoms with Crippen LogP contribution in [0.4, 0.5) is 5.69 Å². The Morgan fingerprint density at radius 3 is 2.50 bits per heavy atom. The van der Waals surface area contributed by atoms with Crippen LogP contribution in [0.25, 0.3) is 5.57 Å². The maximum Gasteiger partial charge on any atom is 0.300 e. The normalized spacial score (nSPS) is 19.2. The molecule has 0 aromatic heterocycles. The average molecular weight is 334 g/mol. The number of anilines is 1. The van der Waals surface area contributed by atoms with Crippen LogP contribution in [0.5, 0.6) is 0 Å². The first kappa shape index (κ1) is 13.6. The number of rotatable bonds is 1. The first-order chi connectivity index (χ1) is 9.29. The third kappa shape index (κ3) is 1.51. The Labute approximate surface area is 126 Å². The Morgan fingerprint density at radius 1 is 1.25 bits per heavy atom. The van der Waals surface area contributed by atoms with Gasteiger partial charge in [-0.2, -0.15) is 0 Å². The van der Waals surface area contributed by atoms with Crippen molar-refractivity contribution in [1.82, 2.24) is 0 Å². The quantitative estimate of drug-likeness (QED) is 0.583. The summed E-state index contributed by atoms with van der Waals surface area (Å²) < 4.78 is 0. The van der Waals surface area contributed by atoms with Gasteiger partial charge in [0, 0.05) is 10.9 Å². The largest absolute Gasteiger partial charge is 0.300 e. The van der Waals surface area contributed by atoms with Gasteiger partial charge in [0.15, 0.2) is 0 Å². The first-order valence-corrected chi connectivity index (χ1v) is 7.73. The van der Waals surface area contributed by atoms with Gasteiger partial charge in [-0.25, -0.2) is 0 Å². The van der Waals surface area contributed by atoms with Gasteiger partial charge in [-0.1, -0.05) is 22.0 Å². The van der Waals surface area contributed by atoms with Gasteiger partial charge < -0.3 is 0 Å². The number of aryl methyl sites for hydroxylation is 1. The van der Waals surface area contributed by atoms with E-state index >= 15 is 0 Å². The fourth-order valence-corrected chi connectivity index (χ4v) is 3.66. The average Bonchev–Trinajstić information content (AvgIpc) is 2.64. The van der Waals surface area contributed by atoms with E-state index in [1.54, 1.807) is 4.90 Å². The van der Waals surface area contributed by atoms with E-state index in [1.807, 2.05) is 27.7 Å². The number of Topliss-reactive ketones (excluding diaryl/α,β-unsaturated/α-hetero) is 1. The second-order valence-corrected chi connectivity index (χ2v) is 6.58. The Hall–Kier alpha value is -1.42. The van der Waals surface area contributed by atoms with Crippen LogP contribution in [0.2, 0.25) is 0 Å². The van der Waals surface area contributed by atoms with Gasteiger partial charge in [0.05, 0.1) is 16.8 Å². The van der Waals surface area contributed by atoms with Crippen molar-refractivity contribution in [3.8, 4) is 0 Å². The highest BCUT2D eigenvalue weighted by atomic mass is 79.9. The summed E-state index contributed by atoms with van der Waals surface area (Å²) in [5, 5.41) is 0.710. The lowest BCUT2D eigenvalue weighted by molar-refractivity contribution is -0.115. The molecule has 0 radical (unpaired) electrons. The van der Waals surface area contributed by atoms with Crippen LogP contribution in [0.15, 0.2) is 12.1 Å². The Morgan fingerprint density at radius 2 is 1.90 bits per heavy atom. The van der Waals surface area contributed by atoms with Crippen LogP contribution in [0, 0.1) is 13.8 Å². The van der Waals surface area contributed by atoms with Crippen molar-refractivity contribution in [2.75, 3.05) is 10.2 Å². The van der Waals surface area contributed by atoms with Crippen LogP contribution in [-0.4, -0.2) is 22.6 Å². The van der Waals surface area contributed by atoms with Crippen molar-refractivity contribution in [3.63, 3.8) is 0 Å². The van der Waals surface area contributed by atoms with Gasteiger partial charge in [0.2, 0.25) is 0 Å². The molecule has 104 valence electrons. The molecule has 2 aliphatic rings. The molecule has 0 bridgehead atoms. The molecule has 0 saturated heterocycles. The molecule has 1 amide bonds. The van der Waals surface area contributed by atoms with E-state index in [1.165, 1.54) is 0 Å². The zero-order chi connectivity index (χ0) is 14.8. The number of halogens is 1. The third-order valence-electron chi connectivity index (χ3n) is 4.26. The molecule has 0 saturated carbocycles. The maximum absolute atomic E-state index is 12.4. The topological polar surface area (TPSA) is 37.4 Å². The number of allylic oxidation sites excluding steroid dienone is 1. The summed E-state index contributed by atoms with van der Waals surface area (Å²) in [5.41, 5.74) is 5.00. The zero-order valence-corrected chi connectivity index (χ0v) is 13.6. The smallest absolute Gasteiger partial charge is 0.295 e. The minimum Gasteiger partial charge on any atom is -0.295 e. The van der Waals surface area contributed by atoms with Crippen LogP contribution in [-0.2, 0) is 4.79 Å². The fraction of sp³-hybridized carbons (Fsp3) is 0.375. The number of carbonyl (C=O) groups is 2. The molecule has 0 fully saturated rings. The van der Waals surface area contributed by atoms with Gasteiger partial charge in [-0.15, -0.1) is 0 Å². The highest BCUT2D eigenvalue weighted by Crippen LogP contribution is 2.47. The molecule has 0 spiro atoms. The highest BCUT2D eigenvalue weighted by molar-refractivity contribution is 9.09. The molecular formula is C16H16BrNO2. The Kier molecular flexibility index (Phi) is 2.74. The van der Waals surface area contributed by atoms with Crippen molar-refractivity contribution in [2.24, 2.45) is 0 Å². The summed E-state index contributed by atoms with van der Waals surface area (Å²) in [6.45, 7) is 7.83. The van der Waals surface area contributed by atoms with Crippen LogP contribution in [0.1, 0.15) is 40.9 Å². The van der Waals surface area contributed by atoms with Crippen molar-refractivity contribution in [1.29, 1.82) is 0 Å². The van der Waals surface area contributed by atoms with Gasteiger partial charge in [0.25, 0.3) is 11.7 Å². The SMILES string of the molecule is Cc1cc2c3c(c1C)C(=O)C(=O)N3C(C)(C)C=C2CBr. The van der Waals surface area contributed by atoms with Crippen molar-refractivity contribution in [3.05, 3.63) is 34.4 Å². The standard InChI is InChI=1S/C16H16BrNO2/c1-8-5-11-10(7-17)6-16(3,4)18-13(11)12(9(8)2)14(19)15(18)20/h5-6H,7H2,1-4H3. The van der Waals surface area contributed by atoms with Crippen LogP contribution in [0.3, 0.4) is 0 Å². The minimum atomic E-state index is -0.476. The Bertz CT molecular complexity index is 701. The molecule has 4 heteroatoms. The van der Waals surface area contributed by atoms with Crippen molar-refractivity contribution >= 4 is 38.9 Å². The molecule has 2 aliphatic heterocycles. The summed E-state index contributed by atoms with van der Waals surface area (Å²) in [5.74, 6) is -0.787. The minimum absolute atomic E-state index is 0.375. The number of hydrogen-bond acceptors (Lipinski definition) is 2. The zero-order valence-electron chi connectivity index (χ0n) is 12.0. The van der Waals surface area contributed by atoms with E-state index in [-0.39, 0.29) is 5.78 Å². The predicted octanol–water partition coefficient (Wildman–Crippen LogP) is 3.40. The monoisotopic (exact) mass is 333 g/mol. The molecule has 20 heavy (non-hydrogen) atoms. The van der Waals surface area contributed by atoms with Crippen molar-refractivity contribution < 1.29 is 9.59 Å². The Balaban J connectivity index is 2.45. The second-order valence-electron chi connectivity index (χ2n) is 6.02. The predicted molar refractivity (Wildman–Crippen MR) is 83.6 cm³/mol. The summed E-state index contributed by atoms with van der Waals surface area (Å²) in [4.78, 5) is 26.4. The van der Waals surface area contributed by atoms with Gasteiger partial charge in [-0.05, 0) is 50.5 Å². The van der Waals surface area contributed by atoms with Crippen molar-refractivity contribution in [2.45, 2.75) is 33.2 Å². The number of hydrogen-bond donors (Lipinski definition) is 0. The molecule has 1 aromatic carbocycles. The van der Waals surface area contributed by atoms with E-state index in [4.69, 9.17) is 0 Å². The lowest BCUT2D eigenvalue weighted by atomic mass is 9.86. The van der Waals surface area contributed by atoms with Crippen LogP contribution >= 0.6 is 15.9 Å². The van der Waals surface area contributed by atoms with E-state index in [0.29, 0.717) is 10.9 Å².